The number of aryl methyl sites for hydroxylation is 1. The Labute approximate surface area is 169 Å². The lowest BCUT2D eigenvalue weighted by Gasteiger charge is -2.26. The van der Waals surface area contributed by atoms with Gasteiger partial charge >= 0.3 is 0 Å². The Morgan fingerprint density at radius 1 is 1.04 bits per heavy atom. The Kier molecular flexibility index (Phi) is 8.35. The van der Waals surface area contributed by atoms with Crippen molar-refractivity contribution in [1.82, 2.24) is 4.90 Å². The molecular formula is C24H31ClN2. The van der Waals surface area contributed by atoms with Gasteiger partial charge in [-0.15, -0.1) is 11.6 Å². The lowest BCUT2D eigenvalue weighted by molar-refractivity contribution is 0.210. The Morgan fingerprint density at radius 2 is 1.63 bits per heavy atom. The summed E-state index contributed by atoms with van der Waals surface area (Å²) in [6.07, 6.45) is 4.57. The summed E-state index contributed by atoms with van der Waals surface area (Å²) < 4.78 is 0. The van der Waals surface area contributed by atoms with Crippen molar-refractivity contribution in [2.45, 2.75) is 63.9 Å². The molecule has 2 aromatic carbocycles. The van der Waals surface area contributed by atoms with Crippen molar-refractivity contribution >= 4 is 11.6 Å². The maximum atomic E-state index is 7.32. The van der Waals surface area contributed by atoms with Gasteiger partial charge in [-0.25, -0.2) is 0 Å². The van der Waals surface area contributed by atoms with Crippen molar-refractivity contribution in [3.8, 4) is 6.07 Å². The Hall–Kier alpha value is -1.82. The first-order valence-electron chi connectivity index (χ1n) is 9.85. The van der Waals surface area contributed by atoms with Crippen LogP contribution < -0.4 is 0 Å². The topological polar surface area (TPSA) is 27.0 Å². The van der Waals surface area contributed by atoms with Crippen molar-refractivity contribution in [3.63, 3.8) is 0 Å². The first-order chi connectivity index (χ1) is 13.0. The van der Waals surface area contributed by atoms with E-state index in [0.717, 1.165) is 32.4 Å². The van der Waals surface area contributed by atoms with Crippen LogP contribution in [0, 0.1) is 11.3 Å². The number of hydrogen-bond acceptors (Lipinski definition) is 2. The first-order valence-corrected chi connectivity index (χ1v) is 10.2. The molecule has 0 aliphatic heterocycles. The maximum Gasteiger partial charge on any atom is 0.0696 e. The van der Waals surface area contributed by atoms with E-state index >= 15 is 0 Å². The minimum absolute atomic E-state index is 0.0390. The van der Waals surface area contributed by atoms with Gasteiger partial charge in [-0.2, -0.15) is 5.26 Å². The summed E-state index contributed by atoms with van der Waals surface area (Å²) in [4.78, 5) is 2.52. The first kappa shape index (κ1) is 21.5. The summed E-state index contributed by atoms with van der Waals surface area (Å²) in [5.74, 6) is 0. The van der Waals surface area contributed by atoms with Crippen molar-refractivity contribution in [1.29, 1.82) is 5.26 Å². The van der Waals surface area contributed by atoms with E-state index in [9.17, 15) is 0 Å². The molecule has 0 N–H and O–H groups in total. The minimum atomic E-state index is -0.0390. The third-order valence-electron chi connectivity index (χ3n) is 5.03. The van der Waals surface area contributed by atoms with Gasteiger partial charge < -0.3 is 0 Å². The predicted molar refractivity (Wildman–Crippen MR) is 115 cm³/mol. The zero-order chi connectivity index (χ0) is 19.7. The number of alkyl halides is 1. The molecule has 0 spiro atoms. The highest BCUT2D eigenvalue weighted by Gasteiger charge is 2.41. The molecule has 2 aromatic rings. The smallest absolute Gasteiger partial charge is 0.0696 e. The van der Waals surface area contributed by atoms with Crippen LogP contribution in [0.15, 0.2) is 54.6 Å². The van der Waals surface area contributed by atoms with Gasteiger partial charge in [0.1, 0.15) is 0 Å². The molecule has 0 amide bonds. The second kappa shape index (κ2) is 10.5. The van der Waals surface area contributed by atoms with Gasteiger partial charge in [0.25, 0.3) is 0 Å². The maximum absolute atomic E-state index is 7.32. The highest BCUT2D eigenvalue weighted by atomic mass is 35.5. The average Bonchev–Trinajstić information content (AvgIpc) is 3.41. The molecule has 1 fully saturated rings. The van der Waals surface area contributed by atoms with Crippen molar-refractivity contribution < 1.29 is 0 Å². The van der Waals surface area contributed by atoms with Crippen LogP contribution in [0.1, 0.15) is 56.7 Å². The Morgan fingerprint density at radius 3 is 2.15 bits per heavy atom. The van der Waals surface area contributed by atoms with Crippen LogP contribution in [0.2, 0.25) is 0 Å². The quantitative estimate of drug-likeness (QED) is 0.502. The van der Waals surface area contributed by atoms with Gasteiger partial charge in [0.2, 0.25) is 0 Å². The molecule has 0 radical (unpaired) electrons. The van der Waals surface area contributed by atoms with Crippen LogP contribution in [-0.2, 0) is 17.8 Å². The zero-order valence-electron chi connectivity index (χ0n) is 16.8. The van der Waals surface area contributed by atoms with E-state index in [2.05, 4.69) is 73.3 Å². The standard InChI is InChI=1S/C22H28ClN.C2H3N/c1-18(2)24(17-20-7-4-3-5-8-20)16-6-9-19-10-12-21(13-11-19)22(23)14-15-22;1-2-3/h3-5,7-8,10-13,18H,6,9,14-17H2,1-2H3;1H3. The molecule has 1 aliphatic rings. The molecule has 0 heterocycles. The van der Waals surface area contributed by atoms with Crippen LogP contribution in [0.3, 0.4) is 0 Å². The van der Waals surface area contributed by atoms with Gasteiger partial charge in [-0.3, -0.25) is 4.90 Å². The molecule has 0 saturated heterocycles. The minimum Gasteiger partial charge on any atom is -0.297 e. The molecule has 1 saturated carbocycles. The summed E-state index contributed by atoms with van der Waals surface area (Å²) in [6.45, 7) is 8.17. The van der Waals surface area contributed by atoms with Gasteiger partial charge in [0, 0.05) is 19.5 Å². The Balaban J connectivity index is 0.000000817. The van der Waals surface area contributed by atoms with E-state index < -0.39 is 0 Å². The van der Waals surface area contributed by atoms with Crippen LogP contribution >= 0.6 is 11.6 Å². The van der Waals surface area contributed by atoms with Crippen molar-refractivity contribution in [3.05, 3.63) is 71.3 Å². The van der Waals surface area contributed by atoms with E-state index in [0.29, 0.717) is 6.04 Å². The monoisotopic (exact) mass is 382 g/mol. The largest absolute Gasteiger partial charge is 0.297 e. The fraction of sp³-hybridized carbons (Fsp3) is 0.458. The highest BCUT2D eigenvalue weighted by molar-refractivity contribution is 6.25. The van der Waals surface area contributed by atoms with Crippen LogP contribution in [0.4, 0.5) is 0 Å². The molecule has 0 atom stereocenters. The summed E-state index contributed by atoms with van der Waals surface area (Å²) in [5.41, 5.74) is 4.11. The second-order valence-electron chi connectivity index (χ2n) is 7.54. The van der Waals surface area contributed by atoms with Crippen LogP contribution in [0.5, 0.6) is 0 Å². The number of halogens is 1. The lowest BCUT2D eigenvalue weighted by atomic mass is 10.0. The third-order valence-corrected chi connectivity index (χ3v) is 5.63. The second-order valence-corrected chi connectivity index (χ2v) is 8.26. The molecule has 0 bridgehead atoms. The predicted octanol–water partition coefficient (Wildman–Crippen LogP) is 6.29. The van der Waals surface area contributed by atoms with E-state index in [-0.39, 0.29) is 4.87 Å². The van der Waals surface area contributed by atoms with E-state index in [1.165, 1.54) is 30.0 Å². The summed E-state index contributed by atoms with van der Waals surface area (Å²) in [7, 11) is 0. The molecule has 0 unspecified atom stereocenters. The number of nitriles is 1. The molecule has 144 valence electrons. The van der Waals surface area contributed by atoms with Gasteiger partial charge in [-0.1, -0.05) is 54.6 Å². The number of benzene rings is 2. The fourth-order valence-electron chi connectivity index (χ4n) is 3.19. The van der Waals surface area contributed by atoms with Gasteiger partial charge in [0.15, 0.2) is 0 Å². The third kappa shape index (κ3) is 7.01. The Bertz CT molecular complexity index is 712. The average molecular weight is 383 g/mol. The van der Waals surface area contributed by atoms with E-state index in [1.54, 1.807) is 6.07 Å². The van der Waals surface area contributed by atoms with Gasteiger partial charge in [-0.05, 0) is 62.8 Å². The number of hydrogen-bond donors (Lipinski definition) is 0. The lowest BCUT2D eigenvalue weighted by Crippen LogP contribution is -2.31. The molecule has 3 heteroatoms. The zero-order valence-corrected chi connectivity index (χ0v) is 17.5. The van der Waals surface area contributed by atoms with Crippen molar-refractivity contribution in [2.24, 2.45) is 0 Å². The van der Waals surface area contributed by atoms with E-state index in [1.807, 2.05) is 0 Å². The van der Waals surface area contributed by atoms with E-state index in [4.69, 9.17) is 16.9 Å². The summed E-state index contributed by atoms with van der Waals surface area (Å²) in [6, 6.07) is 22.0. The van der Waals surface area contributed by atoms with Gasteiger partial charge in [0.05, 0.1) is 10.9 Å². The SMILES string of the molecule is CC#N.CC(C)N(CCCc1ccc(C2(Cl)CC2)cc1)Cc1ccccc1. The fourth-order valence-corrected chi connectivity index (χ4v) is 3.41. The summed E-state index contributed by atoms with van der Waals surface area (Å²) in [5, 5.41) is 7.32. The molecular weight excluding hydrogens is 352 g/mol. The number of rotatable bonds is 8. The normalized spacial score (nSPS) is 14.4. The van der Waals surface area contributed by atoms with Crippen LogP contribution in [0.25, 0.3) is 0 Å². The highest BCUT2D eigenvalue weighted by Crippen LogP contribution is 2.51. The molecule has 0 aromatic heterocycles. The molecule has 3 rings (SSSR count). The summed E-state index contributed by atoms with van der Waals surface area (Å²) >= 11 is 6.47. The molecule has 1 aliphatic carbocycles. The number of nitrogens with zero attached hydrogens (tertiary/aromatic N) is 2. The van der Waals surface area contributed by atoms with Crippen molar-refractivity contribution in [2.75, 3.05) is 6.54 Å². The molecule has 2 nitrogen and oxygen atoms in total. The molecule has 27 heavy (non-hydrogen) atoms. The van der Waals surface area contributed by atoms with Crippen LogP contribution in [-0.4, -0.2) is 17.5 Å².